The van der Waals surface area contributed by atoms with Crippen LogP contribution in [0.1, 0.15) is 36.6 Å². The van der Waals surface area contributed by atoms with Crippen LogP contribution < -0.4 is 5.73 Å². The molecule has 1 atom stereocenters. The van der Waals surface area contributed by atoms with Gasteiger partial charge in [-0.05, 0) is 38.0 Å². The highest BCUT2D eigenvalue weighted by Crippen LogP contribution is 2.45. The summed E-state index contributed by atoms with van der Waals surface area (Å²) in [6.07, 6.45) is 0. The van der Waals surface area contributed by atoms with Crippen LogP contribution >= 0.6 is 11.8 Å². The summed E-state index contributed by atoms with van der Waals surface area (Å²) in [6.45, 7) is 6.17. The Labute approximate surface area is 94.2 Å². The molecule has 2 N–H and O–H groups in total. The van der Waals surface area contributed by atoms with Crippen molar-refractivity contribution in [1.29, 1.82) is 0 Å². The first-order chi connectivity index (χ1) is 6.93. The van der Waals surface area contributed by atoms with Gasteiger partial charge in [-0.25, -0.2) is 4.39 Å². The van der Waals surface area contributed by atoms with Crippen molar-refractivity contribution in [3.8, 4) is 0 Å². The van der Waals surface area contributed by atoms with Crippen LogP contribution in [-0.4, -0.2) is 4.75 Å². The summed E-state index contributed by atoms with van der Waals surface area (Å²) < 4.78 is 13.7. The minimum atomic E-state index is -0.217. The van der Waals surface area contributed by atoms with Crippen molar-refractivity contribution in [1.82, 2.24) is 0 Å². The van der Waals surface area contributed by atoms with E-state index in [1.165, 1.54) is 6.07 Å². The Balaban J connectivity index is 2.60. The van der Waals surface area contributed by atoms with Crippen molar-refractivity contribution < 1.29 is 4.39 Å². The smallest absolute Gasteiger partial charge is 0.128 e. The van der Waals surface area contributed by atoms with Gasteiger partial charge >= 0.3 is 0 Å². The quantitative estimate of drug-likeness (QED) is 0.734. The lowest BCUT2D eigenvalue weighted by Gasteiger charge is -2.37. The van der Waals surface area contributed by atoms with Gasteiger partial charge in [-0.1, -0.05) is 6.07 Å². The molecule has 0 fully saturated rings. The first-order valence-electron chi connectivity index (χ1n) is 5.11. The molecule has 1 heterocycles. The van der Waals surface area contributed by atoms with Crippen LogP contribution in [0.15, 0.2) is 12.1 Å². The fourth-order valence-corrected chi connectivity index (χ4v) is 3.17. The zero-order valence-corrected chi connectivity index (χ0v) is 10.1. The zero-order chi connectivity index (χ0) is 11.2. The molecule has 0 saturated carbocycles. The van der Waals surface area contributed by atoms with E-state index in [2.05, 4.69) is 13.8 Å². The van der Waals surface area contributed by atoms with Gasteiger partial charge in [-0.2, -0.15) is 0 Å². The molecule has 0 bridgehead atoms. The number of fused-ring (bicyclic) bond motifs is 1. The van der Waals surface area contributed by atoms with Crippen molar-refractivity contribution in [2.24, 2.45) is 5.73 Å². The molecule has 1 aromatic rings. The monoisotopic (exact) mass is 225 g/mol. The van der Waals surface area contributed by atoms with E-state index in [-0.39, 0.29) is 16.6 Å². The molecule has 0 aliphatic carbocycles. The van der Waals surface area contributed by atoms with Gasteiger partial charge in [0.05, 0.1) is 0 Å². The molecule has 1 aliphatic heterocycles. The summed E-state index contributed by atoms with van der Waals surface area (Å²) in [4.78, 5) is 0. The van der Waals surface area contributed by atoms with Gasteiger partial charge in [0.25, 0.3) is 0 Å². The maximum atomic E-state index is 13.8. The number of thioether (sulfide) groups is 1. The largest absolute Gasteiger partial charge is 0.323 e. The maximum Gasteiger partial charge on any atom is 0.128 e. The lowest BCUT2D eigenvalue weighted by Crippen LogP contribution is -2.37. The van der Waals surface area contributed by atoms with Crippen LogP contribution in [-0.2, 0) is 5.75 Å². The second-order valence-corrected chi connectivity index (χ2v) is 6.26. The van der Waals surface area contributed by atoms with Crippen molar-refractivity contribution in [3.05, 3.63) is 34.6 Å². The van der Waals surface area contributed by atoms with Gasteiger partial charge in [0.2, 0.25) is 0 Å². The molecule has 1 aliphatic rings. The molecule has 82 valence electrons. The number of rotatable bonds is 0. The summed E-state index contributed by atoms with van der Waals surface area (Å²) in [7, 11) is 0. The molecular formula is C12H16FNS. The van der Waals surface area contributed by atoms with E-state index in [0.29, 0.717) is 0 Å². The van der Waals surface area contributed by atoms with Crippen molar-refractivity contribution in [2.75, 3.05) is 0 Å². The van der Waals surface area contributed by atoms with Crippen molar-refractivity contribution >= 4 is 11.8 Å². The van der Waals surface area contributed by atoms with Crippen LogP contribution in [0.4, 0.5) is 4.39 Å². The van der Waals surface area contributed by atoms with E-state index in [1.54, 1.807) is 11.8 Å². The predicted octanol–water partition coefficient (Wildman–Crippen LogP) is 3.16. The molecular weight excluding hydrogens is 209 g/mol. The predicted molar refractivity (Wildman–Crippen MR) is 63.4 cm³/mol. The van der Waals surface area contributed by atoms with Crippen LogP contribution in [0.2, 0.25) is 0 Å². The standard InChI is InChI=1S/C12H16FNS/c1-7-4-5-9(13)10-8(7)6-15-12(2,3)11(10)14/h4-5,11H,6,14H2,1-3H3. The highest BCUT2D eigenvalue weighted by atomic mass is 32.2. The van der Waals surface area contributed by atoms with Crippen molar-refractivity contribution in [2.45, 2.75) is 37.3 Å². The lowest BCUT2D eigenvalue weighted by molar-refractivity contribution is 0.509. The Morgan fingerprint density at radius 2 is 2.13 bits per heavy atom. The first-order valence-corrected chi connectivity index (χ1v) is 6.09. The number of nitrogens with two attached hydrogens (primary N) is 1. The summed E-state index contributed by atoms with van der Waals surface area (Å²) in [5.74, 6) is 0.705. The molecule has 0 radical (unpaired) electrons. The average molecular weight is 225 g/mol. The second kappa shape index (κ2) is 3.49. The van der Waals surface area contributed by atoms with Crippen molar-refractivity contribution in [3.63, 3.8) is 0 Å². The third-order valence-corrected chi connectivity index (χ3v) is 4.62. The molecule has 2 rings (SSSR count). The van der Waals surface area contributed by atoms with Crippen LogP contribution in [0.25, 0.3) is 0 Å². The van der Waals surface area contributed by atoms with Gasteiger partial charge in [-0.15, -0.1) is 11.8 Å². The van der Waals surface area contributed by atoms with Crippen LogP contribution in [0.3, 0.4) is 0 Å². The van der Waals surface area contributed by atoms with E-state index in [1.807, 2.05) is 13.0 Å². The molecule has 0 amide bonds. The number of halogens is 1. The number of hydrogen-bond donors (Lipinski definition) is 1. The molecule has 0 spiro atoms. The van der Waals surface area contributed by atoms with E-state index < -0.39 is 0 Å². The Morgan fingerprint density at radius 1 is 1.47 bits per heavy atom. The Morgan fingerprint density at radius 3 is 2.80 bits per heavy atom. The summed E-state index contributed by atoms with van der Waals surface area (Å²) in [5.41, 5.74) is 9.09. The Bertz CT molecular complexity index is 401. The maximum absolute atomic E-state index is 13.8. The fraction of sp³-hybridized carbons (Fsp3) is 0.500. The average Bonchev–Trinajstić information content (AvgIpc) is 2.16. The van der Waals surface area contributed by atoms with Crippen LogP contribution in [0, 0.1) is 12.7 Å². The van der Waals surface area contributed by atoms with E-state index in [9.17, 15) is 4.39 Å². The molecule has 1 aromatic carbocycles. The van der Waals surface area contributed by atoms with E-state index in [4.69, 9.17) is 5.73 Å². The molecule has 3 heteroatoms. The Hall–Kier alpha value is -0.540. The molecule has 0 saturated heterocycles. The number of hydrogen-bond acceptors (Lipinski definition) is 2. The lowest BCUT2D eigenvalue weighted by atomic mass is 9.89. The minimum absolute atomic E-state index is 0.0817. The highest BCUT2D eigenvalue weighted by molar-refractivity contribution is 8.00. The van der Waals surface area contributed by atoms with E-state index in [0.717, 1.165) is 22.4 Å². The summed E-state index contributed by atoms with van der Waals surface area (Å²) in [6, 6.07) is 3.14. The molecule has 1 nitrogen and oxygen atoms in total. The van der Waals surface area contributed by atoms with Gasteiger partial charge in [0.1, 0.15) is 5.82 Å². The number of benzene rings is 1. The van der Waals surface area contributed by atoms with Gasteiger partial charge < -0.3 is 5.73 Å². The molecule has 0 aromatic heterocycles. The third-order valence-electron chi connectivity index (χ3n) is 3.19. The number of aryl methyl sites for hydroxylation is 1. The molecule has 15 heavy (non-hydrogen) atoms. The summed E-state index contributed by atoms with van der Waals surface area (Å²) >= 11 is 1.80. The van der Waals surface area contributed by atoms with Gasteiger partial charge in [0.15, 0.2) is 0 Å². The minimum Gasteiger partial charge on any atom is -0.323 e. The van der Waals surface area contributed by atoms with Gasteiger partial charge in [0, 0.05) is 22.1 Å². The fourth-order valence-electron chi connectivity index (χ4n) is 1.97. The zero-order valence-electron chi connectivity index (χ0n) is 9.30. The topological polar surface area (TPSA) is 26.0 Å². The normalized spacial score (nSPS) is 23.7. The first kappa shape index (κ1) is 11.0. The van der Waals surface area contributed by atoms with Crippen LogP contribution in [0.5, 0.6) is 0 Å². The highest BCUT2D eigenvalue weighted by Gasteiger charge is 2.36. The van der Waals surface area contributed by atoms with E-state index >= 15 is 0 Å². The van der Waals surface area contributed by atoms with Gasteiger partial charge in [-0.3, -0.25) is 0 Å². The Kier molecular flexibility index (Phi) is 2.55. The summed E-state index contributed by atoms with van der Waals surface area (Å²) in [5, 5.41) is 0. The molecule has 1 unspecified atom stereocenters. The third kappa shape index (κ3) is 1.68. The SMILES string of the molecule is Cc1ccc(F)c2c1CSC(C)(C)C2N. The second-order valence-electron chi connectivity index (χ2n) is 4.63.